The molecule has 202 valence electrons. The maximum Gasteiger partial charge on any atom is 0.264 e. The third kappa shape index (κ3) is 6.63. The Morgan fingerprint density at radius 1 is 0.895 bits per heavy atom. The summed E-state index contributed by atoms with van der Waals surface area (Å²) in [6.07, 6.45) is 0.496. The molecule has 0 saturated carbocycles. The van der Waals surface area contributed by atoms with Gasteiger partial charge in [-0.05, 0) is 43.2 Å². The molecule has 1 N–H and O–H groups in total. The van der Waals surface area contributed by atoms with E-state index in [1.165, 1.54) is 44.4 Å². The van der Waals surface area contributed by atoms with Crippen LogP contribution in [-0.4, -0.2) is 65.5 Å². The fraction of sp³-hybridized carbons (Fsp3) is 0.286. The molecule has 0 aliphatic carbocycles. The van der Waals surface area contributed by atoms with E-state index in [4.69, 9.17) is 9.47 Å². The number of amides is 2. The van der Waals surface area contributed by atoms with E-state index in [0.29, 0.717) is 17.9 Å². The van der Waals surface area contributed by atoms with Crippen LogP contribution in [0.3, 0.4) is 0 Å². The minimum absolute atomic E-state index is 0.0257. The summed E-state index contributed by atoms with van der Waals surface area (Å²) in [5.74, 6) is -0.149. The number of hydrogen-bond donors (Lipinski definition) is 1. The van der Waals surface area contributed by atoms with Crippen LogP contribution in [0.5, 0.6) is 11.5 Å². The molecule has 3 aromatic rings. The number of ether oxygens (including phenoxy) is 2. The molecule has 0 bridgehead atoms. The molecule has 3 rings (SSSR count). The third-order valence-corrected chi connectivity index (χ3v) is 7.95. The fourth-order valence-electron chi connectivity index (χ4n) is 4.01. The lowest BCUT2D eigenvalue weighted by molar-refractivity contribution is -0.138. The minimum Gasteiger partial charge on any atom is -0.493 e. The molecule has 10 heteroatoms. The Kier molecular flexibility index (Phi) is 9.72. The number of carbonyl (C=O) groups excluding carboxylic acids is 2. The number of hydrogen-bond acceptors (Lipinski definition) is 6. The molecule has 0 saturated heterocycles. The quantitative estimate of drug-likeness (QED) is 0.379. The summed E-state index contributed by atoms with van der Waals surface area (Å²) >= 11 is 0. The lowest BCUT2D eigenvalue weighted by Gasteiger charge is -2.32. The standard InChI is InChI=1S/C28H33N3O6S/c1-21(28(33)29-2)30(18-17-22-11-7-5-8-12-22)27(32)20-31(38(34,35)24-13-9-6-10-14-24)23-15-16-25(36-3)26(19-23)37-4/h5-16,19,21H,17-18,20H2,1-4H3,(H,29,33)/t21-/m0/s1. The summed E-state index contributed by atoms with van der Waals surface area (Å²) in [5.41, 5.74) is 1.21. The van der Waals surface area contributed by atoms with Gasteiger partial charge in [-0.1, -0.05) is 48.5 Å². The van der Waals surface area contributed by atoms with Crippen molar-refractivity contribution in [1.82, 2.24) is 10.2 Å². The Morgan fingerprint density at radius 2 is 1.50 bits per heavy atom. The van der Waals surface area contributed by atoms with Gasteiger partial charge in [0.05, 0.1) is 24.8 Å². The molecule has 0 aromatic heterocycles. The van der Waals surface area contributed by atoms with Crippen molar-refractivity contribution in [2.24, 2.45) is 0 Å². The van der Waals surface area contributed by atoms with Gasteiger partial charge in [0.1, 0.15) is 12.6 Å². The summed E-state index contributed by atoms with van der Waals surface area (Å²) in [4.78, 5) is 27.7. The van der Waals surface area contributed by atoms with Gasteiger partial charge >= 0.3 is 0 Å². The summed E-state index contributed by atoms with van der Waals surface area (Å²) in [6.45, 7) is 1.32. The first-order valence-electron chi connectivity index (χ1n) is 12.1. The molecule has 0 spiro atoms. The summed E-state index contributed by atoms with van der Waals surface area (Å²) in [6, 6.07) is 21.2. The Labute approximate surface area is 224 Å². The number of anilines is 1. The van der Waals surface area contributed by atoms with Crippen LogP contribution in [0.15, 0.2) is 83.8 Å². The number of rotatable bonds is 12. The van der Waals surface area contributed by atoms with Crippen molar-refractivity contribution in [3.05, 3.63) is 84.4 Å². The minimum atomic E-state index is -4.16. The summed E-state index contributed by atoms with van der Waals surface area (Å²) in [7, 11) is 0.258. The lowest BCUT2D eigenvalue weighted by Crippen LogP contribution is -2.51. The molecule has 9 nitrogen and oxygen atoms in total. The van der Waals surface area contributed by atoms with E-state index >= 15 is 0 Å². The van der Waals surface area contributed by atoms with Crippen LogP contribution in [0, 0.1) is 0 Å². The van der Waals surface area contributed by atoms with Gasteiger partial charge in [-0.2, -0.15) is 0 Å². The number of likely N-dealkylation sites (N-methyl/N-ethyl adjacent to an activating group) is 1. The largest absolute Gasteiger partial charge is 0.493 e. The Bertz CT molecular complexity index is 1330. The summed E-state index contributed by atoms with van der Waals surface area (Å²) < 4.78 is 39.3. The molecule has 1 atom stereocenters. The molecule has 38 heavy (non-hydrogen) atoms. The third-order valence-electron chi connectivity index (χ3n) is 6.16. The Balaban J connectivity index is 2.02. The molecular formula is C28H33N3O6S. The zero-order valence-corrected chi connectivity index (χ0v) is 22.8. The van der Waals surface area contributed by atoms with Crippen molar-refractivity contribution in [2.45, 2.75) is 24.3 Å². The number of benzene rings is 3. The van der Waals surface area contributed by atoms with Gasteiger partial charge in [0, 0.05) is 19.7 Å². The van der Waals surface area contributed by atoms with Crippen LogP contribution in [0.25, 0.3) is 0 Å². The van der Waals surface area contributed by atoms with Crippen molar-refractivity contribution < 1.29 is 27.5 Å². The second-order valence-electron chi connectivity index (χ2n) is 8.48. The average Bonchev–Trinajstić information content (AvgIpc) is 2.95. The highest BCUT2D eigenvalue weighted by Crippen LogP contribution is 2.34. The van der Waals surface area contributed by atoms with Gasteiger partial charge in [0.25, 0.3) is 10.0 Å². The number of sulfonamides is 1. The molecule has 2 amide bonds. The fourth-order valence-corrected chi connectivity index (χ4v) is 5.43. The first kappa shape index (κ1) is 28.5. The van der Waals surface area contributed by atoms with Gasteiger partial charge in [-0.3, -0.25) is 13.9 Å². The van der Waals surface area contributed by atoms with E-state index in [2.05, 4.69) is 5.32 Å². The number of nitrogens with zero attached hydrogens (tertiary/aromatic N) is 2. The van der Waals surface area contributed by atoms with E-state index in [1.54, 1.807) is 37.3 Å². The maximum atomic E-state index is 13.8. The monoisotopic (exact) mass is 539 g/mol. The highest BCUT2D eigenvalue weighted by Gasteiger charge is 2.32. The Morgan fingerprint density at radius 3 is 2.08 bits per heavy atom. The smallest absolute Gasteiger partial charge is 0.264 e. The van der Waals surface area contributed by atoms with Crippen LogP contribution in [0.1, 0.15) is 12.5 Å². The topological polar surface area (TPSA) is 105 Å². The second kappa shape index (κ2) is 13.0. The van der Waals surface area contributed by atoms with Crippen LogP contribution >= 0.6 is 0 Å². The molecule has 0 aliphatic rings. The first-order chi connectivity index (χ1) is 18.2. The molecular weight excluding hydrogens is 506 g/mol. The predicted molar refractivity (Wildman–Crippen MR) is 146 cm³/mol. The number of nitrogens with one attached hydrogen (secondary N) is 1. The van der Waals surface area contributed by atoms with Gasteiger partial charge in [0.2, 0.25) is 11.8 Å². The van der Waals surface area contributed by atoms with Crippen LogP contribution in [0.2, 0.25) is 0 Å². The van der Waals surface area contributed by atoms with E-state index < -0.39 is 28.5 Å². The molecule has 3 aromatic carbocycles. The maximum absolute atomic E-state index is 13.8. The van der Waals surface area contributed by atoms with Gasteiger partial charge in [-0.25, -0.2) is 8.42 Å². The highest BCUT2D eigenvalue weighted by molar-refractivity contribution is 7.92. The van der Waals surface area contributed by atoms with E-state index in [1.807, 2.05) is 30.3 Å². The van der Waals surface area contributed by atoms with Crippen molar-refractivity contribution in [2.75, 3.05) is 38.7 Å². The molecule has 0 radical (unpaired) electrons. The molecule has 0 unspecified atom stereocenters. The Hall–Kier alpha value is -4.05. The van der Waals surface area contributed by atoms with Crippen LogP contribution in [-0.2, 0) is 26.0 Å². The zero-order chi connectivity index (χ0) is 27.7. The predicted octanol–water partition coefficient (Wildman–Crippen LogP) is 3.10. The molecule has 0 fully saturated rings. The van der Waals surface area contributed by atoms with E-state index in [-0.39, 0.29) is 23.0 Å². The number of methoxy groups -OCH3 is 2. The van der Waals surface area contributed by atoms with Crippen LogP contribution in [0.4, 0.5) is 5.69 Å². The molecule has 0 aliphatic heterocycles. The van der Waals surface area contributed by atoms with Crippen molar-refractivity contribution in [3.63, 3.8) is 0 Å². The van der Waals surface area contributed by atoms with Gasteiger partial charge in [0.15, 0.2) is 11.5 Å². The molecule has 0 heterocycles. The van der Waals surface area contributed by atoms with Crippen molar-refractivity contribution >= 4 is 27.5 Å². The highest BCUT2D eigenvalue weighted by atomic mass is 32.2. The zero-order valence-electron chi connectivity index (χ0n) is 22.0. The van der Waals surface area contributed by atoms with Crippen molar-refractivity contribution in [3.8, 4) is 11.5 Å². The van der Waals surface area contributed by atoms with E-state index in [9.17, 15) is 18.0 Å². The summed E-state index contributed by atoms with van der Waals surface area (Å²) in [5, 5.41) is 2.57. The first-order valence-corrected chi connectivity index (χ1v) is 13.5. The lowest BCUT2D eigenvalue weighted by atomic mass is 10.1. The van der Waals surface area contributed by atoms with Gasteiger partial charge in [-0.15, -0.1) is 0 Å². The SMILES string of the molecule is CNC(=O)[C@H](C)N(CCc1ccccc1)C(=O)CN(c1ccc(OC)c(OC)c1)S(=O)(=O)c1ccccc1. The normalized spacial score (nSPS) is 11.8. The van der Waals surface area contributed by atoms with Crippen molar-refractivity contribution in [1.29, 1.82) is 0 Å². The average molecular weight is 540 g/mol. The second-order valence-corrected chi connectivity index (χ2v) is 10.3. The van der Waals surface area contributed by atoms with E-state index in [0.717, 1.165) is 9.87 Å². The van der Waals surface area contributed by atoms with Gasteiger partial charge < -0.3 is 19.7 Å². The van der Waals surface area contributed by atoms with Crippen LogP contribution < -0.4 is 19.1 Å². The number of carbonyl (C=O) groups is 2.